The summed E-state index contributed by atoms with van der Waals surface area (Å²) in [6.45, 7) is 6.56. The Hall–Kier alpha value is -0.460. The maximum atomic E-state index is 8.42. The Morgan fingerprint density at radius 1 is 1.20 bits per heavy atom. The average molecular weight is 142 g/mol. The van der Waals surface area contributed by atoms with Crippen molar-refractivity contribution in [1.29, 1.82) is 0 Å². The van der Waals surface area contributed by atoms with Crippen LogP contribution in [0.25, 0.3) is 0 Å². The molecule has 1 atom stereocenters. The van der Waals surface area contributed by atoms with Gasteiger partial charge in [-0.1, -0.05) is 27.2 Å². The molecule has 0 bridgehead atoms. The van der Waals surface area contributed by atoms with Crippen molar-refractivity contribution in [2.45, 2.75) is 33.6 Å². The molecule has 0 aromatic carbocycles. The van der Waals surface area contributed by atoms with E-state index in [4.69, 9.17) is 5.11 Å². The maximum Gasteiger partial charge on any atom is 0.0754 e. The molecule has 0 spiro atoms. The Labute approximate surface area is 63.8 Å². The lowest BCUT2D eigenvalue weighted by Crippen LogP contribution is -1.93. The van der Waals surface area contributed by atoms with Gasteiger partial charge in [-0.15, -0.1) is 0 Å². The van der Waals surface area contributed by atoms with Crippen LogP contribution in [-0.4, -0.2) is 5.11 Å². The van der Waals surface area contributed by atoms with Crippen LogP contribution in [-0.2, 0) is 0 Å². The van der Waals surface area contributed by atoms with Crippen LogP contribution in [0.3, 0.4) is 0 Å². The van der Waals surface area contributed by atoms with E-state index in [1.807, 2.05) is 6.08 Å². The van der Waals surface area contributed by atoms with Crippen molar-refractivity contribution in [2.24, 2.45) is 11.8 Å². The van der Waals surface area contributed by atoms with E-state index in [2.05, 4.69) is 20.8 Å². The topological polar surface area (TPSA) is 20.2 Å². The van der Waals surface area contributed by atoms with Crippen LogP contribution in [0.2, 0.25) is 0 Å². The molecule has 0 saturated carbocycles. The van der Waals surface area contributed by atoms with E-state index in [1.54, 1.807) is 0 Å². The molecule has 0 fully saturated rings. The van der Waals surface area contributed by atoms with Crippen LogP contribution in [0.5, 0.6) is 0 Å². The van der Waals surface area contributed by atoms with Gasteiger partial charge in [0.05, 0.1) is 6.26 Å². The molecule has 1 N–H and O–H groups in total. The number of aliphatic hydroxyl groups excluding tert-OH is 1. The first-order valence-corrected chi connectivity index (χ1v) is 3.97. The molecule has 10 heavy (non-hydrogen) atoms. The summed E-state index contributed by atoms with van der Waals surface area (Å²) in [5.41, 5.74) is 0. The zero-order valence-corrected chi connectivity index (χ0v) is 7.17. The van der Waals surface area contributed by atoms with Crippen molar-refractivity contribution in [3.05, 3.63) is 12.3 Å². The third-order valence-electron chi connectivity index (χ3n) is 1.61. The molecule has 1 heteroatoms. The Morgan fingerprint density at radius 2 is 1.80 bits per heavy atom. The lowest BCUT2D eigenvalue weighted by molar-refractivity contribution is 0.453. The predicted molar refractivity (Wildman–Crippen MR) is 45.0 cm³/mol. The first-order chi connectivity index (χ1) is 4.66. The van der Waals surface area contributed by atoms with Gasteiger partial charge in [-0.25, -0.2) is 0 Å². The fourth-order valence-corrected chi connectivity index (χ4v) is 0.839. The molecular weight excluding hydrogens is 124 g/mol. The van der Waals surface area contributed by atoms with Crippen molar-refractivity contribution < 1.29 is 5.11 Å². The number of aliphatic hydroxyl groups is 1. The van der Waals surface area contributed by atoms with Crippen molar-refractivity contribution in [3.8, 4) is 0 Å². The third kappa shape index (κ3) is 5.67. The summed E-state index contributed by atoms with van der Waals surface area (Å²) < 4.78 is 0. The molecule has 0 amide bonds. The predicted octanol–water partition coefficient (Wildman–Crippen LogP) is 3.13. The quantitative estimate of drug-likeness (QED) is 0.598. The molecule has 0 aromatic rings. The average Bonchev–Trinajstić information content (AvgIpc) is 1.85. The molecule has 0 aromatic heterocycles. The van der Waals surface area contributed by atoms with E-state index >= 15 is 0 Å². The molecule has 1 nitrogen and oxygen atoms in total. The first-order valence-electron chi connectivity index (χ1n) is 3.97. The molecular formula is C9H18O. The summed E-state index contributed by atoms with van der Waals surface area (Å²) in [4.78, 5) is 0. The highest BCUT2D eigenvalue weighted by Gasteiger charge is 1.98. The largest absolute Gasteiger partial charge is 0.516 e. The molecule has 0 radical (unpaired) electrons. The highest BCUT2D eigenvalue weighted by Crippen LogP contribution is 2.11. The zero-order chi connectivity index (χ0) is 7.98. The smallest absolute Gasteiger partial charge is 0.0754 e. The minimum Gasteiger partial charge on any atom is -0.516 e. The van der Waals surface area contributed by atoms with E-state index in [-0.39, 0.29) is 0 Å². The van der Waals surface area contributed by atoms with Gasteiger partial charge in [-0.05, 0) is 24.3 Å². The summed E-state index contributed by atoms with van der Waals surface area (Å²) in [5.74, 6) is 1.29. The Bertz CT molecular complexity index is 94.9. The monoisotopic (exact) mass is 142 g/mol. The second-order valence-electron chi connectivity index (χ2n) is 3.29. The van der Waals surface area contributed by atoms with Crippen molar-refractivity contribution in [1.82, 2.24) is 0 Å². The van der Waals surface area contributed by atoms with Crippen LogP contribution in [0.4, 0.5) is 0 Å². The number of allylic oxidation sites excluding steroid dienone is 1. The van der Waals surface area contributed by atoms with Crippen molar-refractivity contribution in [3.63, 3.8) is 0 Å². The fraction of sp³-hybridized carbons (Fsp3) is 0.778. The van der Waals surface area contributed by atoms with Gasteiger partial charge >= 0.3 is 0 Å². The van der Waals surface area contributed by atoms with Gasteiger partial charge in [0.15, 0.2) is 0 Å². The summed E-state index contributed by atoms with van der Waals surface area (Å²) in [7, 11) is 0. The molecule has 0 rings (SSSR count). The van der Waals surface area contributed by atoms with Gasteiger partial charge in [0, 0.05) is 0 Å². The molecule has 60 valence electrons. The second kappa shape index (κ2) is 5.33. The molecule has 0 aliphatic carbocycles. The van der Waals surface area contributed by atoms with Gasteiger partial charge < -0.3 is 5.11 Å². The lowest BCUT2D eigenvalue weighted by atomic mass is 10.00. The second-order valence-corrected chi connectivity index (χ2v) is 3.29. The first kappa shape index (κ1) is 9.54. The zero-order valence-electron chi connectivity index (χ0n) is 7.17. The van der Waals surface area contributed by atoms with Crippen molar-refractivity contribution in [2.75, 3.05) is 0 Å². The minimum absolute atomic E-state index is 0.521. The van der Waals surface area contributed by atoms with Gasteiger partial charge in [0.1, 0.15) is 0 Å². The fourth-order valence-electron chi connectivity index (χ4n) is 0.839. The van der Waals surface area contributed by atoms with Crippen LogP contribution in [0.15, 0.2) is 12.3 Å². The summed E-state index contributed by atoms with van der Waals surface area (Å²) >= 11 is 0. The van der Waals surface area contributed by atoms with Crippen LogP contribution >= 0.6 is 0 Å². The van der Waals surface area contributed by atoms with E-state index in [1.165, 1.54) is 12.8 Å². The summed E-state index contributed by atoms with van der Waals surface area (Å²) in [6.07, 6.45) is 5.40. The SMILES string of the molecule is CC(C)CCC(C)C=CO. The highest BCUT2D eigenvalue weighted by atomic mass is 16.2. The van der Waals surface area contributed by atoms with Crippen LogP contribution < -0.4 is 0 Å². The van der Waals surface area contributed by atoms with E-state index in [0.717, 1.165) is 12.2 Å². The van der Waals surface area contributed by atoms with Gasteiger partial charge in [0.25, 0.3) is 0 Å². The molecule has 1 unspecified atom stereocenters. The summed E-state index contributed by atoms with van der Waals surface area (Å²) in [5, 5.41) is 8.42. The summed E-state index contributed by atoms with van der Waals surface area (Å²) in [6, 6.07) is 0. The molecule has 0 saturated heterocycles. The standard InChI is InChI=1S/C9H18O/c1-8(2)4-5-9(3)6-7-10/h6-10H,4-5H2,1-3H3. The lowest BCUT2D eigenvalue weighted by Gasteiger charge is -2.06. The Kier molecular flexibility index (Phi) is 5.09. The molecule has 0 heterocycles. The van der Waals surface area contributed by atoms with Gasteiger partial charge in [-0.2, -0.15) is 0 Å². The Balaban J connectivity index is 3.30. The minimum atomic E-state index is 0.521. The number of hydrogen-bond acceptors (Lipinski definition) is 1. The van der Waals surface area contributed by atoms with Gasteiger partial charge in [-0.3, -0.25) is 0 Å². The van der Waals surface area contributed by atoms with Gasteiger partial charge in [0.2, 0.25) is 0 Å². The van der Waals surface area contributed by atoms with E-state index < -0.39 is 0 Å². The van der Waals surface area contributed by atoms with Crippen LogP contribution in [0, 0.1) is 11.8 Å². The number of hydrogen-bond donors (Lipinski definition) is 1. The third-order valence-corrected chi connectivity index (χ3v) is 1.61. The number of rotatable bonds is 4. The highest BCUT2D eigenvalue weighted by molar-refractivity contribution is 4.78. The Morgan fingerprint density at radius 3 is 2.20 bits per heavy atom. The van der Waals surface area contributed by atoms with Crippen LogP contribution in [0.1, 0.15) is 33.6 Å². The maximum absolute atomic E-state index is 8.42. The van der Waals surface area contributed by atoms with Crippen molar-refractivity contribution >= 4 is 0 Å². The van der Waals surface area contributed by atoms with E-state index in [9.17, 15) is 0 Å². The van der Waals surface area contributed by atoms with E-state index in [0.29, 0.717) is 5.92 Å². The molecule has 0 aliphatic heterocycles. The molecule has 0 aliphatic rings. The normalized spacial score (nSPS) is 14.8.